The Bertz CT molecular complexity index is 375. The van der Waals surface area contributed by atoms with E-state index in [-0.39, 0.29) is 0 Å². The zero-order valence-electron chi connectivity index (χ0n) is 11.7. The van der Waals surface area contributed by atoms with E-state index in [1.165, 1.54) is 36.2 Å². The quantitative estimate of drug-likeness (QED) is 0.826. The molecule has 1 saturated carbocycles. The van der Waals surface area contributed by atoms with Crippen molar-refractivity contribution >= 4 is 0 Å². The maximum Gasteiger partial charge on any atom is 0.0225 e. The first-order valence-electron chi connectivity index (χ1n) is 7.02. The smallest absolute Gasteiger partial charge is 0.0225 e. The van der Waals surface area contributed by atoms with Crippen molar-refractivity contribution in [3.8, 4) is 0 Å². The normalized spacial score (nSPS) is 18.1. The predicted molar refractivity (Wildman–Crippen MR) is 73.2 cm³/mol. The molecule has 17 heavy (non-hydrogen) atoms. The van der Waals surface area contributed by atoms with Gasteiger partial charge in [-0.05, 0) is 58.1 Å². The number of nitrogens with zero attached hydrogens (tertiary/aromatic N) is 1. The molecule has 0 saturated heterocycles. The van der Waals surface area contributed by atoms with E-state index < -0.39 is 0 Å². The van der Waals surface area contributed by atoms with Crippen molar-refractivity contribution in [1.29, 1.82) is 0 Å². The molecule has 1 N–H and O–H groups in total. The molecule has 1 aliphatic carbocycles. The van der Waals surface area contributed by atoms with Crippen LogP contribution in [-0.2, 0) is 13.1 Å². The fraction of sp³-hybridized carbons (Fsp3) is 0.733. The summed E-state index contributed by atoms with van der Waals surface area (Å²) in [6, 6.07) is 3.01. The Labute approximate surface area is 105 Å². The molecule has 0 radical (unpaired) electrons. The third-order valence-electron chi connectivity index (χ3n) is 4.47. The molecule has 2 rings (SSSR count). The van der Waals surface area contributed by atoms with Crippen LogP contribution in [0.4, 0.5) is 0 Å². The van der Waals surface area contributed by atoms with Gasteiger partial charge in [0.15, 0.2) is 0 Å². The summed E-state index contributed by atoms with van der Waals surface area (Å²) in [6.07, 6.45) is 4.27. The number of hydrogen-bond acceptors (Lipinski definition) is 1. The highest BCUT2D eigenvalue weighted by atomic mass is 15.0. The van der Waals surface area contributed by atoms with Crippen LogP contribution in [0.1, 0.15) is 50.1 Å². The zero-order chi connectivity index (χ0) is 12.4. The number of aryl methyl sites for hydroxylation is 1. The highest BCUT2D eigenvalue weighted by Crippen LogP contribution is 2.29. The van der Waals surface area contributed by atoms with Crippen LogP contribution in [0.3, 0.4) is 0 Å². The van der Waals surface area contributed by atoms with Gasteiger partial charge in [-0.1, -0.05) is 6.42 Å². The van der Waals surface area contributed by atoms with Gasteiger partial charge in [0, 0.05) is 30.5 Å². The number of aromatic nitrogens is 1. The first-order valence-corrected chi connectivity index (χ1v) is 7.02. The zero-order valence-corrected chi connectivity index (χ0v) is 11.7. The van der Waals surface area contributed by atoms with Gasteiger partial charge in [-0.2, -0.15) is 0 Å². The van der Waals surface area contributed by atoms with Gasteiger partial charge in [-0.25, -0.2) is 0 Å². The van der Waals surface area contributed by atoms with Crippen LogP contribution in [0.5, 0.6) is 0 Å². The molecular formula is C15H26N2. The van der Waals surface area contributed by atoms with Gasteiger partial charge in [0.1, 0.15) is 0 Å². The van der Waals surface area contributed by atoms with Crippen molar-refractivity contribution < 1.29 is 0 Å². The summed E-state index contributed by atoms with van der Waals surface area (Å²) < 4.78 is 2.39. The SMILES string of the molecule is CCn1c(C)cc(CNC(C)C2CCC2)c1C. The minimum absolute atomic E-state index is 0.674. The molecule has 0 spiro atoms. The third kappa shape index (κ3) is 2.57. The fourth-order valence-electron chi connectivity index (χ4n) is 2.92. The Balaban J connectivity index is 1.94. The fourth-order valence-corrected chi connectivity index (χ4v) is 2.92. The first-order chi connectivity index (χ1) is 8.13. The van der Waals surface area contributed by atoms with Crippen molar-refractivity contribution in [3.05, 3.63) is 23.0 Å². The highest BCUT2D eigenvalue weighted by Gasteiger charge is 2.23. The van der Waals surface area contributed by atoms with Crippen LogP contribution in [0.25, 0.3) is 0 Å². The molecule has 0 aromatic carbocycles. The van der Waals surface area contributed by atoms with Gasteiger partial charge in [-0.15, -0.1) is 0 Å². The summed E-state index contributed by atoms with van der Waals surface area (Å²) in [5.74, 6) is 0.921. The third-order valence-corrected chi connectivity index (χ3v) is 4.47. The van der Waals surface area contributed by atoms with E-state index >= 15 is 0 Å². The van der Waals surface area contributed by atoms with Crippen molar-refractivity contribution in [2.45, 2.75) is 66.1 Å². The van der Waals surface area contributed by atoms with Crippen molar-refractivity contribution in [1.82, 2.24) is 9.88 Å². The Morgan fingerprint density at radius 3 is 2.59 bits per heavy atom. The van der Waals surface area contributed by atoms with Crippen LogP contribution >= 0.6 is 0 Å². The Hall–Kier alpha value is -0.760. The van der Waals surface area contributed by atoms with E-state index in [1.54, 1.807) is 0 Å². The molecule has 1 fully saturated rings. The van der Waals surface area contributed by atoms with Gasteiger partial charge in [0.2, 0.25) is 0 Å². The first kappa shape index (κ1) is 12.7. The summed E-state index contributed by atoms with van der Waals surface area (Å²) in [6.45, 7) is 11.1. The van der Waals surface area contributed by atoms with Crippen molar-refractivity contribution in [2.75, 3.05) is 0 Å². The summed E-state index contributed by atoms with van der Waals surface area (Å²) in [5, 5.41) is 3.69. The lowest BCUT2D eigenvalue weighted by molar-refractivity contribution is 0.240. The van der Waals surface area contributed by atoms with E-state index in [1.807, 2.05) is 0 Å². The van der Waals surface area contributed by atoms with Gasteiger partial charge < -0.3 is 9.88 Å². The minimum atomic E-state index is 0.674. The van der Waals surface area contributed by atoms with Crippen LogP contribution in [0.2, 0.25) is 0 Å². The second-order valence-electron chi connectivity index (χ2n) is 5.50. The lowest BCUT2D eigenvalue weighted by Gasteiger charge is -2.32. The molecule has 2 heteroatoms. The maximum atomic E-state index is 3.69. The largest absolute Gasteiger partial charge is 0.349 e. The van der Waals surface area contributed by atoms with Gasteiger partial charge in [-0.3, -0.25) is 0 Å². The van der Waals surface area contributed by atoms with E-state index in [0.717, 1.165) is 19.0 Å². The van der Waals surface area contributed by atoms with E-state index in [2.05, 4.69) is 43.6 Å². The Kier molecular flexibility index (Phi) is 3.93. The highest BCUT2D eigenvalue weighted by molar-refractivity contribution is 5.26. The molecule has 1 atom stereocenters. The molecule has 1 heterocycles. The van der Waals surface area contributed by atoms with Crippen LogP contribution in [0.15, 0.2) is 6.07 Å². The number of nitrogens with one attached hydrogen (secondary N) is 1. The molecule has 1 aromatic heterocycles. The predicted octanol–water partition coefficient (Wildman–Crippen LogP) is 3.40. The second kappa shape index (κ2) is 5.26. The monoisotopic (exact) mass is 234 g/mol. The molecule has 2 nitrogen and oxygen atoms in total. The van der Waals surface area contributed by atoms with E-state index in [9.17, 15) is 0 Å². The minimum Gasteiger partial charge on any atom is -0.349 e. The Morgan fingerprint density at radius 1 is 1.41 bits per heavy atom. The summed E-state index contributed by atoms with van der Waals surface area (Å²) in [5.41, 5.74) is 4.28. The van der Waals surface area contributed by atoms with Crippen molar-refractivity contribution in [3.63, 3.8) is 0 Å². The topological polar surface area (TPSA) is 17.0 Å². The summed E-state index contributed by atoms with van der Waals surface area (Å²) in [7, 11) is 0. The lowest BCUT2D eigenvalue weighted by atomic mass is 9.80. The molecule has 1 unspecified atom stereocenters. The van der Waals surface area contributed by atoms with Crippen LogP contribution < -0.4 is 5.32 Å². The van der Waals surface area contributed by atoms with Crippen LogP contribution in [-0.4, -0.2) is 10.6 Å². The standard InChI is InChI=1S/C15H26N2/c1-5-17-11(2)9-15(13(17)4)10-16-12(3)14-7-6-8-14/h9,12,14,16H,5-8,10H2,1-4H3. The van der Waals surface area contributed by atoms with E-state index in [4.69, 9.17) is 0 Å². The molecule has 0 aliphatic heterocycles. The van der Waals surface area contributed by atoms with Crippen LogP contribution in [0, 0.1) is 19.8 Å². The number of rotatable bonds is 5. The molecule has 1 aromatic rings. The molecule has 1 aliphatic rings. The summed E-state index contributed by atoms with van der Waals surface area (Å²) in [4.78, 5) is 0. The molecular weight excluding hydrogens is 208 g/mol. The molecule has 0 bridgehead atoms. The summed E-state index contributed by atoms with van der Waals surface area (Å²) >= 11 is 0. The van der Waals surface area contributed by atoms with Gasteiger partial charge in [0.05, 0.1) is 0 Å². The second-order valence-corrected chi connectivity index (χ2v) is 5.50. The van der Waals surface area contributed by atoms with Crippen molar-refractivity contribution in [2.24, 2.45) is 5.92 Å². The molecule has 96 valence electrons. The Morgan fingerprint density at radius 2 is 2.12 bits per heavy atom. The van der Waals surface area contributed by atoms with Gasteiger partial charge in [0.25, 0.3) is 0 Å². The maximum absolute atomic E-state index is 3.69. The van der Waals surface area contributed by atoms with E-state index in [0.29, 0.717) is 6.04 Å². The lowest BCUT2D eigenvalue weighted by Crippen LogP contribution is -2.36. The van der Waals surface area contributed by atoms with Gasteiger partial charge >= 0.3 is 0 Å². The average Bonchev–Trinajstić information content (AvgIpc) is 2.48. The molecule has 0 amide bonds. The average molecular weight is 234 g/mol. The number of hydrogen-bond donors (Lipinski definition) is 1.